The van der Waals surface area contributed by atoms with Crippen molar-refractivity contribution in [2.24, 2.45) is 5.92 Å². The lowest BCUT2D eigenvalue weighted by molar-refractivity contribution is -0.131. The average Bonchev–Trinajstić information content (AvgIpc) is 3.32. The van der Waals surface area contributed by atoms with Gasteiger partial charge in [-0.05, 0) is 45.1 Å². The van der Waals surface area contributed by atoms with Gasteiger partial charge < -0.3 is 14.5 Å². The highest BCUT2D eigenvalue weighted by molar-refractivity contribution is 5.92. The van der Waals surface area contributed by atoms with E-state index in [1.54, 1.807) is 15.6 Å². The van der Waals surface area contributed by atoms with E-state index in [0.29, 0.717) is 30.2 Å². The molecule has 30 heavy (non-hydrogen) atoms. The molecule has 1 saturated carbocycles. The Kier molecular flexibility index (Phi) is 6.73. The number of hydrogen-bond acceptors (Lipinski definition) is 5. The molecule has 1 atom stereocenters. The molecule has 0 bridgehead atoms. The van der Waals surface area contributed by atoms with Crippen LogP contribution in [0.25, 0.3) is 0 Å². The molecule has 8 heteroatoms. The number of aromatic nitrogens is 2. The molecule has 2 amide bonds. The van der Waals surface area contributed by atoms with Crippen LogP contribution in [0.2, 0.25) is 0 Å². The van der Waals surface area contributed by atoms with E-state index < -0.39 is 0 Å². The summed E-state index contributed by atoms with van der Waals surface area (Å²) in [6, 6.07) is 2.62. The first-order valence-corrected chi connectivity index (χ1v) is 11.5. The van der Waals surface area contributed by atoms with Gasteiger partial charge in [-0.1, -0.05) is 0 Å². The summed E-state index contributed by atoms with van der Waals surface area (Å²) in [5.74, 6) is 0.598. The lowest BCUT2D eigenvalue weighted by Crippen LogP contribution is -2.50. The SMILES string of the molecule is CCn1ccc(C(=O)N(C)CCN(C2CCOCC2)C2CCN(C(=O)C3CC3)C2)n1. The van der Waals surface area contributed by atoms with Gasteiger partial charge in [-0.25, -0.2) is 0 Å². The predicted octanol–water partition coefficient (Wildman–Crippen LogP) is 1.47. The summed E-state index contributed by atoms with van der Waals surface area (Å²) in [4.78, 5) is 31.7. The second kappa shape index (κ2) is 9.47. The molecule has 3 aliphatic rings. The normalized spacial score (nSPS) is 22.6. The van der Waals surface area contributed by atoms with Crippen molar-refractivity contribution in [3.05, 3.63) is 18.0 Å². The van der Waals surface area contributed by atoms with Crippen LogP contribution in [0.1, 0.15) is 49.5 Å². The summed E-state index contributed by atoms with van der Waals surface area (Å²) in [5, 5.41) is 4.35. The molecule has 1 aromatic rings. The van der Waals surface area contributed by atoms with Gasteiger partial charge in [0.1, 0.15) is 5.69 Å². The monoisotopic (exact) mass is 417 g/mol. The number of carbonyl (C=O) groups excluding carboxylic acids is 2. The van der Waals surface area contributed by atoms with Crippen molar-refractivity contribution in [1.82, 2.24) is 24.5 Å². The lowest BCUT2D eigenvalue weighted by Gasteiger charge is -2.39. The molecule has 3 heterocycles. The zero-order valence-electron chi connectivity index (χ0n) is 18.3. The Bertz CT molecular complexity index is 741. The molecular weight excluding hydrogens is 382 g/mol. The predicted molar refractivity (Wildman–Crippen MR) is 113 cm³/mol. The van der Waals surface area contributed by atoms with Crippen molar-refractivity contribution in [1.29, 1.82) is 0 Å². The van der Waals surface area contributed by atoms with Gasteiger partial charge in [0, 0.05) is 77.2 Å². The highest BCUT2D eigenvalue weighted by atomic mass is 16.5. The van der Waals surface area contributed by atoms with Crippen LogP contribution in [-0.2, 0) is 16.1 Å². The third kappa shape index (κ3) is 4.86. The van der Waals surface area contributed by atoms with Crippen LogP contribution in [0.5, 0.6) is 0 Å². The fraction of sp³-hybridized carbons (Fsp3) is 0.773. The Hall–Kier alpha value is -1.93. The summed E-state index contributed by atoms with van der Waals surface area (Å²) < 4.78 is 7.36. The third-order valence-corrected chi connectivity index (χ3v) is 6.75. The maximum Gasteiger partial charge on any atom is 0.274 e. The van der Waals surface area contributed by atoms with Gasteiger partial charge in [0.25, 0.3) is 5.91 Å². The van der Waals surface area contributed by atoms with Crippen LogP contribution < -0.4 is 0 Å². The fourth-order valence-electron chi connectivity index (χ4n) is 4.70. The molecule has 8 nitrogen and oxygen atoms in total. The Balaban J connectivity index is 1.37. The second-order valence-electron chi connectivity index (χ2n) is 8.87. The molecule has 0 N–H and O–H groups in total. The van der Waals surface area contributed by atoms with E-state index in [2.05, 4.69) is 14.9 Å². The zero-order chi connectivity index (χ0) is 21.1. The molecule has 1 unspecified atom stereocenters. The smallest absolute Gasteiger partial charge is 0.274 e. The molecule has 0 radical (unpaired) electrons. The van der Waals surface area contributed by atoms with Crippen molar-refractivity contribution in [2.75, 3.05) is 46.4 Å². The molecule has 1 aliphatic carbocycles. The van der Waals surface area contributed by atoms with Crippen LogP contribution in [0, 0.1) is 5.92 Å². The Morgan fingerprint density at radius 2 is 1.90 bits per heavy atom. The summed E-state index contributed by atoms with van der Waals surface area (Å²) in [6.45, 7) is 7.51. The van der Waals surface area contributed by atoms with E-state index in [1.165, 1.54) is 0 Å². The first-order chi connectivity index (χ1) is 14.6. The van der Waals surface area contributed by atoms with E-state index in [1.807, 2.05) is 20.2 Å². The van der Waals surface area contributed by atoms with Gasteiger partial charge >= 0.3 is 0 Å². The van der Waals surface area contributed by atoms with E-state index in [-0.39, 0.29) is 11.8 Å². The van der Waals surface area contributed by atoms with Gasteiger partial charge in [-0.15, -0.1) is 0 Å². The first-order valence-electron chi connectivity index (χ1n) is 11.5. The third-order valence-electron chi connectivity index (χ3n) is 6.75. The van der Waals surface area contributed by atoms with Gasteiger partial charge in [-0.3, -0.25) is 19.2 Å². The van der Waals surface area contributed by atoms with Crippen molar-refractivity contribution in [3.63, 3.8) is 0 Å². The Labute approximate surface area is 179 Å². The molecule has 166 valence electrons. The first kappa shape index (κ1) is 21.3. The van der Waals surface area contributed by atoms with Crippen molar-refractivity contribution in [3.8, 4) is 0 Å². The number of rotatable bonds is 8. The second-order valence-corrected chi connectivity index (χ2v) is 8.87. The standard InChI is InChI=1S/C22H35N5O3/c1-3-26-11-7-20(23-26)22(29)24(2)12-13-27(18-8-14-30-15-9-18)19-6-10-25(16-19)21(28)17-4-5-17/h7,11,17-19H,3-6,8-10,12-16H2,1-2H3. The summed E-state index contributed by atoms with van der Waals surface area (Å²) >= 11 is 0. The highest BCUT2D eigenvalue weighted by Crippen LogP contribution is 2.33. The number of hydrogen-bond donors (Lipinski definition) is 0. The molecular formula is C22H35N5O3. The maximum atomic E-state index is 12.8. The Morgan fingerprint density at radius 3 is 2.57 bits per heavy atom. The van der Waals surface area contributed by atoms with Crippen LogP contribution in [-0.4, -0.2) is 94.8 Å². The number of aryl methyl sites for hydroxylation is 1. The molecule has 2 saturated heterocycles. The molecule has 0 aromatic carbocycles. The van der Waals surface area contributed by atoms with Gasteiger partial charge in [0.15, 0.2) is 0 Å². The minimum Gasteiger partial charge on any atom is -0.381 e. The van der Waals surface area contributed by atoms with Crippen molar-refractivity contribution < 1.29 is 14.3 Å². The number of carbonyl (C=O) groups is 2. The summed E-state index contributed by atoms with van der Waals surface area (Å²) in [6.07, 6.45) is 7.03. The van der Waals surface area contributed by atoms with E-state index >= 15 is 0 Å². The number of likely N-dealkylation sites (N-methyl/N-ethyl adjacent to an activating group) is 1. The molecule has 1 aromatic heterocycles. The van der Waals surface area contributed by atoms with Gasteiger partial charge in [0.05, 0.1) is 0 Å². The van der Waals surface area contributed by atoms with Crippen molar-refractivity contribution in [2.45, 2.75) is 57.7 Å². The van der Waals surface area contributed by atoms with Crippen LogP contribution in [0.15, 0.2) is 12.3 Å². The maximum absolute atomic E-state index is 12.8. The molecule has 2 aliphatic heterocycles. The van der Waals surface area contributed by atoms with Crippen LogP contribution >= 0.6 is 0 Å². The van der Waals surface area contributed by atoms with Gasteiger partial charge in [0.2, 0.25) is 5.91 Å². The number of nitrogens with zero attached hydrogens (tertiary/aromatic N) is 5. The fourth-order valence-corrected chi connectivity index (χ4v) is 4.70. The van der Waals surface area contributed by atoms with Gasteiger partial charge in [-0.2, -0.15) is 5.10 Å². The lowest BCUT2D eigenvalue weighted by atomic mass is 10.0. The molecule has 4 rings (SSSR count). The summed E-state index contributed by atoms with van der Waals surface area (Å²) in [5.41, 5.74) is 0.499. The van der Waals surface area contributed by atoms with E-state index in [4.69, 9.17) is 4.74 Å². The van der Waals surface area contributed by atoms with Crippen molar-refractivity contribution >= 4 is 11.8 Å². The van der Waals surface area contributed by atoms with Crippen LogP contribution in [0.3, 0.4) is 0 Å². The highest BCUT2D eigenvalue weighted by Gasteiger charge is 2.39. The minimum absolute atomic E-state index is 0.0360. The van der Waals surface area contributed by atoms with Crippen LogP contribution in [0.4, 0.5) is 0 Å². The number of amides is 2. The summed E-state index contributed by atoms with van der Waals surface area (Å²) in [7, 11) is 1.85. The quantitative estimate of drug-likeness (QED) is 0.641. The largest absolute Gasteiger partial charge is 0.381 e. The zero-order valence-corrected chi connectivity index (χ0v) is 18.3. The average molecular weight is 418 g/mol. The number of ether oxygens (including phenoxy) is 1. The molecule has 0 spiro atoms. The molecule has 3 fully saturated rings. The van der Waals surface area contributed by atoms with E-state index in [0.717, 1.165) is 71.5 Å². The topological polar surface area (TPSA) is 70.9 Å². The van der Waals surface area contributed by atoms with E-state index in [9.17, 15) is 9.59 Å². The minimum atomic E-state index is -0.0360. The number of likely N-dealkylation sites (tertiary alicyclic amines) is 1. The Morgan fingerprint density at radius 1 is 1.13 bits per heavy atom.